The molecule has 5 fully saturated rings. The molecule has 6 rings (SSSR count). The van der Waals surface area contributed by atoms with E-state index < -0.39 is 16.6 Å². The zero-order chi connectivity index (χ0) is 24.3. The molecule has 1 saturated heterocycles. The second-order valence-electron chi connectivity index (χ2n) is 13.1. The van der Waals surface area contributed by atoms with Crippen molar-refractivity contribution in [3.8, 4) is 0 Å². The highest BCUT2D eigenvalue weighted by atomic mass is 16.5. The van der Waals surface area contributed by atoms with E-state index in [0.29, 0.717) is 30.8 Å². The summed E-state index contributed by atoms with van der Waals surface area (Å²) < 4.78 is 6.42. The Morgan fingerprint density at radius 1 is 0.971 bits per heavy atom. The van der Waals surface area contributed by atoms with Gasteiger partial charge in [0.15, 0.2) is 0 Å². The number of rotatable bonds is 5. The molecule has 4 saturated carbocycles. The molecule has 8 atom stereocenters. The van der Waals surface area contributed by atoms with Gasteiger partial charge in [0.25, 0.3) is 0 Å². The highest BCUT2D eigenvalue weighted by molar-refractivity contribution is 5.30. The van der Waals surface area contributed by atoms with Gasteiger partial charge in [-0.15, -0.1) is 0 Å². The third-order valence-corrected chi connectivity index (χ3v) is 12.0. The van der Waals surface area contributed by atoms with E-state index in [1.807, 2.05) is 6.07 Å². The molecular weight excluding hydrogens is 438 g/mol. The lowest BCUT2D eigenvalue weighted by Crippen LogP contribution is -2.64. The van der Waals surface area contributed by atoms with Crippen LogP contribution in [0.2, 0.25) is 0 Å². The Morgan fingerprint density at radius 3 is 2.57 bits per heavy atom. The SMILES string of the molecule is C[C@]12CCC3C(CC[C@@H]4C[C@@H](OCCN5CCCC5)CC[C@]34C)[C@@]1(O)CC[C@]2(O)c1ccnnc1. The topological polar surface area (TPSA) is 78.7 Å². The van der Waals surface area contributed by atoms with Crippen molar-refractivity contribution in [1.82, 2.24) is 15.1 Å². The number of nitrogens with zero attached hydrogens (tertiary/aromatic N) is 3. The molecule has 35 heavy (non-hydrogen) atoms. The monoisotopic (exact) mass is 483 g/mol. The predicted molar refractivity (Wildman–Crippen MR) is 135 cm³/mol. The van der Waals surface area contributed by atoms with Crippen LogP contribution in [0, 0.1) is 28.6 Å². The van der Waals surface area contributed by atoms with E-state index in [0.717, 1.165) is 44.4 Å². The molecule has 0 bridgehead atoms. The van der Waals surface area contributed by atoms with Crippen molar-refractivity contribution in [2.45, 2.75) is 102 Å². The summed E-state index contributed by atoms with van der Waals surface area (Å²) in [6.07, 6.45) is 15.5. The van der Waals surface area contributed by atoms with E-state index >= 15 is 0 Å². The fourth-order valence-electron chi connectivity index (χ4n) is 9.71. The second kappa shape index (κ2) is 8.75. The molecule has 0 spiro atoms. The summed E-state index contributed by atoms with van der Waals surface area (Å²) in [6, 6.07) is 1.89. The van der Waals surface area contributed by atoms with Crippen LogP contribution in [0.25, 0.3) is 0 Å². The molecule has 6 heteroatoms. The lowest BCUT2D eigenvalue weighted by atomic mass is 9.43. The van der Waals surface area contributed by atoms with E-state index in [2.05, 4.69) is 28.9 Å². The molecular formula is C29H45N3O3. The molecule has 0 radical (unpaired) electrons. The van der Waals surface area contributed by atoms with Crippen molar-refractivity contribution >= 4 is 0 Å². The van der Waals surface area contributed by atoms with Gasteiger partial charge >= 0.3 is 0 Å². The summed E-state index contributed by atoms with van der Waals surface area (Å²) in [5.74, 6) is 1.48. The molecule has 5 aliphatic rings. The van der Waals surface area contributed by atoms with Crippen LogP contribution < -0.4 is 0 Å². The van der Waals surface area contributed by atoms with Gasteiger partial charge in [-0.25, -0.2) is 0 Å². The average molecular weight is 484 g/mol. The van der Waals surface area contributed by atoms with Gasteiger partial charge in [-0.05, 0) is 113 Å². The number of aromatic nitrogens is 2. The van der Waals surface area contributed by atoms with E-state index in [1.54, 1.807) is 12.4 Å². The van der Waals surface area contributed by atoms with Crippen molar-refractivity contribution in [1.29, 1.82) is 0 Å². The number of hydrogen-bond donors (Lipinski definition) is 2. The number of ether oxygens (including phenoxy) is 1. The van der Waals surface area contributed by atoms with Gasteiger partial charge in [0, 0.05) is 23.7 Å². The first-order valence-electron chi connectivity index (χ1n) is 14.4. The number of likely N-dealkylation sites (tertiary alicyclic amines) is 1. The normalized spacial score (nSPS) is 47.8. The highest BCUT2D eigenvalue weighted by Crippen LogP contribution is 2.71. The van der Waals surface area contributed by atoms with Crippen molar-refractivity contribution in [3.05, 3.63) is 24.0 Å². The predicted octanol–water partition coefficient (Wildman–Crippen LogP) is 4.30. The number of aliphatic hydroxyl groups is 2. The first kappa shape index (κ1) is 24.3. The van der Waals surface area contributed by atoms with Gasteiger partial charge in [0.05, 0.1) is 30.1 Å². The lowest BCUT2D eigenvalue weighted by molar-refractivity contribution is -0.239. The maximum Gasteiger partial charge on any atom is 0.0994 e. The van der Waals surface area contributed by atoms with Gasteiger partial charge in [0.1, 0.15) is 0 Å². The lowest BCUT2D eigenvalue weighted by Gasteiger charge is -2.64. The smallest absolute Gasteiger partial charge is 0.0994 e. The number of hydrogen-bond acceptors (Lipinski definition) is 6. The van der Waals surface area contributed by atoms with E-state index in [9.17, 15) is 10.2 Å². The quantitative estimate of drug-likeness (QED) is 0.650. The minimum Gasteiger partial charge on any atom is -0.389 e. The Morgan fingerprint density at radius 2 is 1.80 bits per heavy atom. The van der Waals surface area contributed by atoms with Crippen LogP contribution in [0.4, 0.5) is 0 Å². The molecule has 1 aromatic rings. The van der Waals surface area contributed by atoms with Crippen molar-refractivity contribution in [2.24, 2.45) is 28.6 Å². The maximum atomic E-state index is 12.4. The van der Waals surface area contributed by atoms with Crippen LogP contribution in [0.5, 0.6) is 0 Å². The van der Waals surface area contributed by atoms with Crippen LogP contribution in [-0.2, 0) is 10.3 Å². The summed E-state index contributed by atoms with van der Waals surface area (Å²) in [7, 11) is 0. The second-order valence-corrected chi connectivity index (χ2v) is 13.1. The molecule has 0 amide bonds. The number of fused-ring (bicyclic) bond motifs is 5. The van der Waals surface area contributed by atoms with Crippen molar-refractivity contribution in [3.63, 3.8) is 0 Å². The highest BCUT2D eigenvalue weighted by Gasteiger charge is 2.72. The van der Waals surface area contributed by atoms with Crippen LogP contribution >= 0.6 is 0 Å². The standard InChI is InChI=1S/C29H45N3O3/c1-26-10-7-23(35-18-17-32-15-3-4-16-32)19-21(26)5-6-25-24(26)8-11-27(2)28(33,12-13-29(25,27)34)22-9-14-30-31-20-22/h9,14,20-21,23-25,33-34H,3-8,10-13,15-19H2,1-2H3/t21-,23+,24?,25?,26+,27-,28+,29+/m1/s1. The first-order valence-corrected chi connectivity index (χ1v) is 14.4. The Balaban J connectivity index is 1.16. The summed E-state index contributed by atoms with van der Waals surface area (Å²) >= 11 is 0. The first-order chi connectivity index (χ1) is 16.8. The Hall–Kier alpha value is -1.08. The molecule has 2 unspecified atom stereocenters. The molecule has 2 heterocycles. The largest absolute Gasteiger partial charge is 0.389 e. The fraction of sp³-hybridized carbons (Fsp3) is 0.862. The van der Waals surface area contributed by atoms with Gasteiger partial charge in [-0.3, -0.25) is 0 Å². The summed E-state index contributed by atoms with van der Waals surface area (Å²) in [4.78, 5) is 2.54. The minimum atomic E-state index is -1.04. The van der Waals surface area contributed by atoms with Crippen LogP contribution in [-0.4, -0.2) is 63.3 Å². The Labute approximate surface area is 210 Å². The summed E-state index contributed by atoms with van der Waals surface area (Å²) in [6.45, 7) is 9.12. The Bertz CT molecular complexity index is 910. The van der Waals surface area contributed by atoms with Gasteiger partial charge in [-0.1, -0.05) is 13.8 Å². The molecule has 0 aromatic carbocycles. The van der Waals surface area contributed by atoms with Crippen molar-refractivity contribution < 1.29 is 14.9 Å². The van der Waals surface area contributed by atoms with Crippen LogP contribution in [0.15, 0.2) is 18.5 Å². The third kappa shape index (κ3) is 3.57. The van der Waals surface area contributed by atoms with Gasteiger partial charge in [0.2, 0.25) is 0 Å². The average Bonchev–Trinajstić information content (AvgIpc) is 3.46. The van der Waals surface area contributed by atoms with E-state index in [-0.39, 0.29) is 11.3 Å². The molecule has 2 N–H and O–H groups in total. The fourth-order valence-corrected chi connectivity index (χ4v) is 9.71. The molecule has 1 aromatic heterocycles. The minimum absolute atomic E-state index is 0.263. The van der Waals surface area contributed by atoms with Gasteiger partial charge in [-0.2, -0.15) is 10.2 Å². The van der Waals surface area contributed by atoms with Crippen LogP contribution in [0.1, 0.15) is 90.0 Å². The Kier molecular flexibility index (Phi) is 6.07. The zero-order valence-electron chi connectivity index (χ0n) is 21.8. The van der Waals surface area contributed by atoms with Crippen LogP contribution in [0.3, 0.4) is 0 Å². The molecule has 4 aliphatic carbocycles. The van der Waals surface area contributed by atoms with Crippen molar-refractivity contribution in [2.75, 3.05) is 26.2 Å². The van der Waals surface area contributed by atoms with Gasteiger partial charge < -0.3 is 19.8 Å². The molecule has 1 aliphatic heterocycles. The molecule has 194 valence electrons. The molecule has 6 nitrogen and oxygen atoms in total. The van der Waals surface area contributed by atoms with E-state index in [4.69, 9.17) is 4.74 Å². The third-order valence-electron chi connectivity index (χ3n) is 12.0. The summed E-state index contributed by atoms with van der Waals surface area (Å²) in [5.41, 5.74) is -1.33. The zero-order valence-corrected chi connectivity index (χ0v) is 21.8. The summed E-state index contributed by atoms with van der Waals surface area (Å²) in [5, 5.41) is 32.4. The van der Waals surface area contributed by atoms with E-state index in [1.165, 1.54) is 45.2 Å². The maximum absolute atomic E-state index is 12.4.